The Hall–Kier alpha value is 0.0851. The third kappa shape index (κ3) is 2.02. The first-order valence-corrected chi connectivity index (χ1v) is 8.39. The Kier molecular flexibility index (Phi) is 3.59. The van der Waals surface area contributed by atoms with E-state index in [-0.39, 0.29) is 0 Å². The van der Waals surface area contributed by atoms with Crippen LogP contribution in [-0.4, -0.2) is 4.98 Å². The van der Waals surface area contributed by atoms with Gasteiger partial charge in [-0.15, -0.1) is 0 Å². The molecule has 1 aromatic heterocycles. The molecule has 1 heterocycles. The van der Waals surface area contributed by atoms with E-state index in [1.54, 1.807) is 14.2 Å². The van der Waals surface area contributed by atoms with Crippen molar-refractivity contribution in [3.05, 3.63) is 23.0 Å². The van der Waals surface area contributed by atoms with Gasteiger partial charge in [-0.25, -0.2) is 0 Å². The summed E-state index contributed by atoms with van der Waals surface area (Å²) in [5.74, 6) is 0. The van der Waals surface area contributed by atoms with Crippen LogP contribution in [0.25, 0.3) is 0 Å². The van der Waals surface area contributed by atoms with Crippen LogP contribution >= 0.6 is 0 Å². The van der Waals surface area contributed by atoms with Gasteiger partial charge in [0.15, 0.2) is 0 Å². The van der Waals surface area contributed by atoms with Crippen LogP contribution < -0.4 is 3.07 Å². The van der Waals surface area contributed by atoms with Crippen LogP contribution in [0.4, 0.5) is 0 Å². The van der Waals surface area contributed by atoms with Crippen LogP contribution in [-0.2, 0) is 45.4 Å². The zero-order chi connectivity index (χ0) is 9.97. The van der Waals surface area contributed by atoms with E-state index in [2.05, 4.69) is 18.1 Å². The van der Waals surface area contributed by atoms with Gasteiger partial charge >= 0.3 is 103 Å². The molecular formula is C12H16HgN. The van der Waals surface area contributed by atoms with Crippen LogP contribution in [0, 0.1) is 0 Å². The molecule has 1 aromatic rings. The van der Waals surface area contributed by atoms with E-state index in [1.807, 2.05) is 0 Å². The molecule has 0 fully saturated rings. The monoisotopic (exact) mass is 376 g/mol. The van der Waals surface area contributed by atoms with Gasteiger partial charge < -0.3 is 0 Å². The zero-order valence-corrected chi connectivity index (χ0v) is 14.5. The van der Waals surface area contributed by atoms with E-state index in [0.29, 0.717) is 0 Å². The molecule has 71 valence electrons. The van der Waals surface area contributed by atoms with Crippen LogP contribution in [0.5, 0.6) is 0 Å². The Morgan fingerprint density at radius 3 is 2.93 bits per heavy atom. The Morgan fingerprint density at radius 2 is 2.14 bits per heavy atom. The number of aromatic nitrogens is 1. The quantitative estimate of drug-likeness (QED) is 0.722. The summed E-state index contributed by atoms with van der Waals surface area (Å²) >= 11 is 0.736. The van der Waals surface area contributed by atoms with E-state index in [4.69, 9.17) is 0 Å². The molecule has 1 aliphatic carbocycles. The van der Waals surface area contributed by atoms with Crippen LogP contribution in [0.15, 0.2) is 6.20 Å². The summed E-state index contributed by atoms with van der Waals surface area (Å²) < 4.78 is 1.59. The SMILES string of the molecule is CCCc1[c]([Hg])cnc2c1CCCC2. The summed E-state index contributed by atoms with van der Waals surface area (Å²) in [5, 5.41) is 0. The van der Waals surface area contributed by atoms with Gasteiger partial charge in [0.2, 0.25) is 0 Å². The standard InChI is InChI=1S/C12H16N.Hg/c1-2-5-10-8-9-13-12-7-4-3-6-11(10)12;/h9H,2-7H2,1H3;. The molecule has 0 atom stereocenters. The first kappa shape index (κ1) is 10.6. The fraction of sp³-hybridized carbons (Fsp3) is 0.583. The molecule has 0 radical (unpaired) electrons. The number of aryl methyl sites for hydroxylation is 1. The molecule has 1 nitrogen and oxygen atoms in total. The van der Waals surface area contributed by atoms with Crippen molar-refractivity contribution in [2.45, 2.75) is 45.4 Å². The number of pyridine rings is 1. The molecule has 0 bridgehead atoms. The number of nitrogens with zero attached hydrogens (tertiary/aromatic N) is 1. The molecule has 2 rings (SSSR count). The molecule has 0 unspecified atom stereocenters. The van der Waals surface area contributed by atoms with Gasteiger partial charge in [-0.3, -0.25) is 0 Å². The van der Waals surface area contributed by atoms with Crippen LogP contribution in [0.2, 0.25) is 0 Å². The van der Waals surface area contributed by atoms with Crippen molar-refractivity contribution < 1.29 is 26.1 Å². The average Bonchev–Trinajstić information content (AvgIpc) is 2.23. The number of rotatable bonds is 2. The molecule has 0 aliphatic heterocycles. The van der Waals surface area contributed by atoms with Crippen molar-refractivity contribution in [1.82, 2.24) is 4.98 Å². The predicted octanol–water partition coefficient (Wildman–Crippen LogP) is 2.08. The minimum absolute atomic E-state index is 0.736. The molecular weight excluding hydrogens is 359 g/mol. The zero-order valence-electron chi connectivity index (χ0n) is 8.97. The van der Waals surface area contributed by atoms with E-state index < -0.39 is 0 Å². The summed E-state index contributed by atoms with van der Waals surface area (Å²) in [5.41, 5.74) is 4.72. The van der Waals surface area contributed by atoms with E-state index in [1.165, 1.54) is 44.2 Å². The van der Waals surface area contributed by atoms with Crippen molar-refractivity contribution in [3.63, 3.8) is 0 Å². The van der Waals surface area contributed by atoms with Gasteiger partial charge in [-0.2, -0.15) is 0 Å². The van der Waals surface area contributed by atoms with Crippen LogP contribution in [0.1, 0.15) is 43.0 Å². The Balaban J connectivity index is 2.43. The molecule has 14 heavy (non-hydrogen) atoms. The Bertz CT molecular complexity index is 333. The minimum atomic E-state index is 0.736. The fourth-order valence-corrected chi connectivity index (χ4v) is 4.22. The average molecular weight is 375 g/mol. The summed E-state index contributed by atoms with van der Waals surface area (Å²) in [4.78, 5) is 4.61. The van der Waals surface area contributed by atoms with Crippen LogP contribution in [0.3, 0.4) is 0 Å². The van der Waals surface area contributed by atoms with Gasteiger partial charge in [0.1, 0.15) is 0 Å². The molecule has 1 aliphatic rings. The van der Waals surface area contributed by atoms with Gasteiger partial charge in [0, 0.05) is 0 Å². The maximum absolute atomic E-state index is 4.61. The van der Waals surface area contributed by atoms with Crippen molar-refractivity contribution in [3.8, 4) is 0 Å². The van der Waals surface area contributed by atoms with Gasteiger partial charge in [0.05, 0.1) is 0 Å². The van der Waals surface area contributed by atoms with Crippen molar-refractivity contribution >= 4 is 3.07 Å². The first-order valence-electron chi connectivity index (χ1n) is 5.64. The number of fused-ring (bicyclic) bond motifs is 1. The van der Waals surface area contributed by atoms with E-state index >= 15 is 0 Å². The van der Waals surface area contributed by atoms with Gasteiger partial charge in [-0.1, -0.05) is 0 Å². The second-order valence-electron chi connectivity index (χ2n) is 4.14. The number of hydrogen-bond donors (Lipinski definition) is 0. The summed E-state index contributed by atoms with van der Waals surface area (Å²) in [7, 11) is 0. The normalized spacial score (nSPS) is 15.4. The van der Waals surface area contributed by atoms with Gasteiger partial charge in [0.25, 0.3) is 0 Å². The number of hydrogen-bond acceptors (Lipinski definition) is 1. The van der Waals surface area contributed by atoms with Gasteiger partial charge in [-0.05, 0) is 0 Å². The fourth-order valence-electron chi connectivity index (χ4n) is 2.35. The predicted molar refractivity (Wildman–Crippen MR) is 54.5 cm³/mol. The third-order valence-corrected chi connectivity index (χ3v) is 5.44. The third-order valence-electron chi connectivity index (χ3n) is 3.07. The molecule has 0 spiro atoms. The molecule has 0 saturated carbocycles. The second-order valence-corrected chi connectivity index (χ2v) is 7.11. The van der Waals surface area contributed by atoms with Crippen molar-refractivity contribution in [2.24, 2.45) is 0 Å². The molecule has 0 aromatic carbocycles. The molecule has 2 heteroatoms. The molecule has 0 N–H and O–H groups in total. The second kappa shape index (κ2) is 4.74. The Morgan fingerprint density at radius 1 is 1.36 bits per heavy atom. The Labute approximate surface area is 102 Å². The molecule has 0 saturated heterocycles. The van der Waals surface area contributed by atoms with E-state index in [0.717, 1.165) is 26.1 Å². The summed E-state index contributed by atoms with van der Waals surface area (Å²) in [6, 6.07) is 0. The van der Waals surface area contributed by atoms with Crippen molar-refractivity contribution in [2.75, 3.05) is 0 Å². The topological polar surface area (TPSA) is 12.9 Å². The summed E-state index contributed by atoms with van der Waals surface area (Å²) in [6.45, 7) is 2.28. The molecule has 0 amide bonds. The maximum atomic E-state index is 4.61. The summed E-state index contributed by atoms with van der Waals surface area (Å²) in [6.07, 6.45) is 9.95. The van der Waals surface area contributed by atoms with Crippen molar-refractivity contribution in [1.29, 1.82) is 0 Å². The first-order chi connectivity index (χ1) is 6.83. The van der Waals surface area contributed by atoms with E-state index in [9.17, 15) is 0 Å².